The number of nitrogens with one attached hydrogen (secondary N) is 2. The van der Waals surface area contributed by atoms with Gasteiger partial charge in [-0.3, -0.25) is 4.99 Å². The summed E-state index contributed by atoms with van der Waals surface area (Å²) in [5, 5.41) is 6.63. The molecule has 0 aromatic heterocycles. The lowest BCUT2D eigenvalue weighted by Gasteiger charge is -2.17. The average Bonchev–Trinajstić information content (AvgIpc) is 2.68. The molecule has 0 aliphatic heterocycles. The van der Waals surface area contributed by atoms with Crippen molar-refractivity contribution in [3.05, 3.63) is 53.1 Å². The van der Waals surface area contributed by atoms with E-state index in [0.717, 1.165) is 5.56 Å². The van der Waals surface area contributed by atoms with Gasteiger partial charge >= 0.3 is 0 Å². The monoisotopic (exact) mass is 485 g/mol. The average molecular weight is 485 g/mol. The number of hydrogen-bond acceptors (Lipinski definition) is 4. The number of aliphatic imine (C=N–C) groups is 1. The molecule has 0 spiro atoms. The van der Waals surface area contributed by atoms with E-state index < -0.39 is 0 Å². The molecule has 0 unspecified atom stereocenters. The first kappa shape index (κ1) is 22.9. The Morgan fingerprint density at radius 1 is 0.926 bits per heavy atom. The van der Waals surface area contributed by atoms with Gasteiger partial charge in [0, 0.05) is 25.7 Å². The van der Waals surface area contributed by atoms with Crippen molar-refractivity contribution in [2.45, 2.75) is 20.0 Å². The predicted octanol–water partition coefficient (Wildman–Crippen LogP) is 3.50. The van der Waals surface area contributed by atoms with Crippen LogP contribution in [0.4, 0.5) is 0 Å². The molecule has 0 atom stereocenters. The molecule has 0 aliphatic carbocycles. The maximum Gasteiger partial charge on any atom is 0.191 e. The second-order valence-corrected chi connectivity index (χ2v) is 5.72. The lowest BCUT2D eigenvalue weighted by atomic mass is 10.1. The fraction of sp³-hybridized carbons (Fsp3) is 0.350. The van der Waals surface area contributed by atoms with Crippen LogP contribution in [0, 0.1) is 6.92 Å². The highest BCUT2D eigenvalue weighted by molar-refractivity contribution is 14.0. The van der Waals surface area contributed by atoms with Crippen LogP contribution >= 0.6 is 24.0 Å². The minimum absolute atomic E-state index is 0. The van der Waals surface area contributed by atoms with E-state index in [2.05, 4.69) is 34.7 Å². The van der Waals surface area contributed by atoms with E-state index in [0.29, 0.717) is 36.3 Å². The van der Waals surface area contributed by atoms with E-state index in [9.17, 15) is 0 Å². The molecule has 0 radical (unpaired) electrons. The van der Waals surface area contributed by atoms with Gasteiger partial charge in [0.2, 0.25) is 0 Å². The minimum Gasteiger partial charge on any atom is -0.496 e. The Kier molecular flexibility index (Phi) is 9.77. The van der Waals surface area contributed by atoms with E-state index in [1.54, 1.807) is 28.4 Å². The van der Waals surface area contributed by atoms with Crippen molar-refractivity contribution < 1.29 is 14.2 Å². The van der Waals surface area contributed by atoms with Crippen LogP contribution in [0.5, 0.6) is 17.2 Å². The van der Waals surface area contributed by atoms with Crippen LogP contribution in [-0.4, -0.2) is 34.3 Å². The van der Waals surface area contributed by atoms with Gasteiger partial charge in [-0.1, -0.05) is 24.3 Å². The Morgan fingerprint density at radius 2 is 1.52 bits per heavy atom. The number of aryl methyl sites for hydroxylation is 1. The van der Waals surface area contributed by atoms with E-state index in [1.165, 1.54) is 11.1 Å². The van der Waals surface area contributed by atoms with Gasteiger partial charge < -0.3 is 24.8 Å². The number of ether oxygens (including phenoxy) is 3. The summed E-state index contributed by atoms with van der Waals surface area (Å²) in [5.41, 5.74) is 3.37. The van der Waals surface area contributed by atoms with Crippen molar-refractivity contribution in [3.63, 3.8) is 0 Å². The molecule has 148 valence electrons. The van der Waals surface area contributed by atoms with Gasteiger partial charge in [0.15, 0.2) is 5.96 Å². The molecule has 0 bridgehead atoms. The third-order valence-corrected chi connectivity index (χ3v) is 4.18. The zero-order chi connectivity index (χ0) is 18.9. The number of halogens is 1. The summed E-state index contributed by atoms with van der Waals surface area (Å²) in [6.45, 7) is 3.30. The second kappa shape index (κ2) is 11.5. The lowest BCUT2D eigenvalue weighted by molar-refractivity contribution is 0.368. The minimum atomic E-state index is 0. The van der Waals surface area contributed by atoms with Crippen LogP contribution in [0.2, 0.25) is 0 Å². The molecule has 0 saturated carbocycles. The first-order valence-corrected chi connectivity index (χ1v) is 8.40. The van der Waals surface area contributed by atoms with Crippen molar-refractivity contribution in [2.24, 2.45) is 4.99 Å². The predicted molar refractivity (Wildman–Crippen MR) is 120 cm³/mol. The summed E-state index contributed by atoms with van der Waals surface area (Å²) in [5.74, 6) is 2.78. The van der Waals surface area contributed by atoms with Gasteiger partial charge in [-0.15, -0.1) is 24.0 Å². The number of guanidine groups is 1. The topological polar surface area (TPSA) is 64.1 Å². The summed E-state index contributed by atoms with van der Waals surface area (Å²) < 4.78 is 16.2. The molecule has 2 aromatic carbocycles. The first-order valence-electron chi connectivity index (χ1n) is 8.40. The highest BCUT2D eigenvalue weighted by atomic mass is 127. The Hall–Kier alpha value is -2.16. The summed E-state index contributed by atoms with van der Waals surface area (Å²) in [6.07, 6.45) is 0. The summed E-state index contributed by atoms with van der Waals surface area (Å²) in [7, 11) is 6.62. The van der Waals surface area contributed by atoms with E-state index in [4.69, 9.17) is 14.2 Å². The van der Waals surface area contributed by atoms with Crippen LogP contribution in [0.3, 0.4) is 0 Å². The normalized spacial score (nSPS) is 10.6. The molecule has 6 nitrogen and oxygen atoms in total. The van der Waals surface area contributed by atoms with Gasteiger partial charge in [0.25, 0.3) is 0 Å². The smallest absolute Gasteiger partial charge is 0.191 e. The molecular formula is C20H28IN3O3. The quantitative estimate of drug-likeness (QED) is 0.357. The first-order chi connectivity index (χ1) is 12.6. The van der Waals surface area contributed by atoms with Crippen LogP contribution in [-0.2, 0) is 13.1 Å². The molecule has 27 heavy (non-hydrogen) atoms. The Bertz CT molecular complexity index is 741. The fourth-order valence-electron chi connectivity index (χ4n) is 2.63. The zero-order valence-corrected chi connectivity index (χ0v) is 18.8. The van der Waals surface area contributed by atoms with Gasteiger partial charge in [-0.25, -0.2) is 0 Å². The largest absolute Gasteiger partial charge is 0.496 e. The zero-order valence-electron chi connectivity index (χ0n) is 16.5. The lowest BCUT2D eigenvalue weighted by Crippen LogP contribution is -2.36. The third kappa shape index (κ3) is 6.20. The standard InChI is InChI=1S/C20H27N3O3.HI/c1-14-8-6-7-9-15(14)12-22-20(21-2)23-13-17-18(25-4)10-16(24-3)11-19(17)26-5;/h6-11H,12-13H2,1-5H3,(H2,21,22,23);1H. The molecule has 0 heterocycles. The number of benzene rings is 2. The van der Waals surface area contributed by atoms with E-state index in [-0.39, 0.29) is 24.0 Å². The second-order valence-electron chi connectivity index (χ2n) is 5.72. The maximum absolute atomic E-state index is 5.48. The summed E-state index contributed by atoms with van der Waals surface area (Å²) in [6, 6.07) is 11.9. The Labute approximate surface area is 178 Å². The van der Waals surface area contributed by atoms with Crippen LogP contribution in [0.1, 0.15) is 16.7 Å². The molecule has 2 rings (SSSR count). The van der Waals surface area contributed by atoms with E-state index in [1.807, 2.05) is 24.3 Å². The van der Waals surface area contributed by atoms with Crippen molar-refractivity contribution in [1.29, 1.82) is 0 Å². The number of rotatable bonds is 7. The van der Waals surface area contributed by atoms with Crippen LogP contribution in [0.25, 0.3) is 0 Å². The Balaban J connectivity index is 0.00000364. The molecular weight excluding hydrogens is 457 g/mol. The SMILES string of the molecule is CN=C(NCc1ccccc1C)NCc1c(OC)cc(OC)cc1OC.I. The number of methoxy groups -OCH3 is 3. The van der Waals surface area contributed by atoms with Crippen molar-refractivity contribution in [2.75, 3.05) is 28.4 Å². The molecule has 2 aromatic rings. The number of hydrogen-bond donors (Lipinski definition) is 2. The van der Waals surface area contributed by atoms with Gasteiger partial charge in [-0.2, -0.15) is 0 Å². The van der Waals surface area contributed by atoms with Gasteiger partial charge in [0.1, 0.15) is 17.2 Å². The molecule has 0 amide bonds. The molecule has 7 heteroatoms. The molecule has 2 N–H and O–H groups in total. The van der Waals surface area contributed by atoms with Crippen molar-refractivity contribution in [1.82, 2.24) is 10.6 Å². The highest BCUT2D eigenvalue weighted by Gasteiger charge is 2.13. The van der Waals surface area contributed by atoms with Crippen LogP contribution in [0.15, 0.2) is 41.4 Å². The summed E-state index contributed by atoms with van der Waals surface area (Å²) >= 11 is 0. The van der Waals surface area contributed by atoms with Crippen molar-refractivity contribution >= 4 is 29.9 Å². The van der Waals surface area contributed by atoms with Gasteiger partial charge in [-0.05, 0) is 18.1 Å². The molecule has 0 saturated heterocycles. The van der Waals surface area contributed by atoms with Crippen molar-refractivity contribution in [3.8, 4) is 17.2 Å². The summed E-state index contributed by atoms with van der Waals surface area (Å²) in [4.78, 5) is 4.28. The molecule has 0 aliphatic rings. The maximum atomic E-state index is 5.48. The van der Waals surface area contributed by atoms with Crippen LogP contribution < -0.4 is 24.8 Å². The Morgan fingerprint density at radius 3 is 2.04 bits per heavy atom. The van der Waals surface area contributed by atoms with E-state index >= 15 is 0 Å². The third-order valence-electron chi connectivity index (χ3n) is 4.18. The molecule has 0 fully saturated rings. The van der Waals surface area contributed by atoms with Gasteiger partial charge in [0.05, 0.1) is 33.4 Å². The number of nitrogens with zero attached hydrogens (tertiary/aromatic N) is 1. The highest BCUT2D eigenvalue weighted by Crippen LogP contribution is 2.33. The fourth-order valence-corrected chi connectivity index (χ4v) is 2.63.